The molecule has 94 valence electrons. The molecule has 0 amide bonds. The second kappa shape index (κ2) is 6.01. The number of rotatable bonds is 3. The van der Waals surface area contributed by atoms with Gasteiger partial charge in [-0.3, -0.25) is 4.21 Å². The molecule has 4 heteroatoms. The molecule has 1 saturated carbocycles. The van der Waals surface area contributed by atoms with Gasteiger partial charge in [0, 0.05) is 26.2 Å². The highest BCUT2D eigenvalue weighted by atomic mass is 79.9. The van der Waals surface area contributed by atoms with Gasteiger partial charge in [0.05, 0.1) is 5.75 Å². The van der Waals surface area contributed by atoms with E-state index < -0.39 is 10.8 Å². The first-order valence-electron chi connectivity index (χ1n) is 6.08. The van der Waals surface area contributed by atoms with Crippen LogP contribution >= 0.6 is 15.9 Å². The van der Waals surface area contributed by atoms with Gasteiger partial charge < -0.3 is 5.73 Å². The summed E-state index contributed by atoms with van der Waals surface area (Å²) in [5.74, 6) is 0.601. The first-order chi connectivity index (χ1) is 8.16. The van der Waals surface area contributed by atoms with Crippen molar-refractivity contribution in [2.75, 3.05) is 5.73 Å². The summed E-state index contributed by atoms with van der Waals surface area (Å²) in [7, 11) is -0.770. The van der Waals surface area contributed by atoms with E-state index in [1.165, 1.54) is 19.3 Å². The average Bonchev–Trinajstić information content (AvgIpc) is 2.34. The van der Waals surface area contributed by atoms with Crippen LogP contribution < -0.4 is 5.73 Å². The number of anilines is 1. The maximum Gasteiger partial charge on any atom is 0.0508 e. The summed E-state index contributed by atoms with van der Waals surface area (Å²) in [5, 5.41) is 0.381. The van der Waals surface area contributed by atoms with E-state index in [1.54, 1.807) is 0 Å². The largest absolute Gasteiger partial charge is 0.398 e. The van der Waals surface area contributed by atoms with Gasteiger partial charge in [-0.1, -0.05) is 41.3 Å². The standard InChI is InChI=1S/C13H18BrNOS/c14-11-7-6-10(13(15)8-11)9-17(16)12-4-2-1-3-5-12/h6-8,12H,1-5,9,15H2. The van der Waals surface area contributed by atoms with Crippen molar-refractivity contribution in [3.8, 4) is 0 Å². The van der Waals surface area contributed by atoms with E-state index in [0.717, 1.165) is 28.6 Å². The monoisotopic (exact) mass is 315 g/mol. The molecule has 2 N–H and O–H groups in total. The van der Waals surface area contributed by atoms with Crippen LogP contribution in [-0.4, -0.2) is 9.46 Å². The summed E-state index contributed by atoms with van der Waals surface area (Å²) in [6.07, 6.45) is 5.98. The van der Waals surface area contributed by atoms with Crippen molar-refractivity contribution in [3.05, 3.63) is 28.2 Å². The third-order valence-corrected chi connectivity index (χ3v) is 5.63. The first kappa shape index (κ1) is 13.1. The zero-order valence-corrected chi connectivity index (χ0v) is 12.2. The lowest BCUT2D eigenvalue weighted by Gasteiger charge is -2.21. The summed E-state index contributed by atoms with van der Waals surface area (Å²) < 4.78 is 13.2. The Balaban J connectivity index is 2.02. The van der Waals surface area contributed by atoms with Gasteiger partial charge in [0.1, 0.15) is 0 Å². The van der Waals surface area contributed by atoms with E-state index in [1.807, 2.05) is 18.2 Å². The molecule has 1 atom stereocenters. The van der Waals surface area contributed by atoms with Gasteiger partial charge in [-0.25, -0.2) is 0 Å². The van der Waals surface area contributed by atoms with Crippen LogP contribution in [0.2, 0.25) is 0 Å². The lowest BCUT2D eigenvalue weighted by Crippen LogP contribution is -2.20. The third-order valence-electron chi connectivity index (χ3n) is 3.33. The number of benzene rings is 1. The molecule has 1 aliphatic rings. The molecule has 2 rings (SSSR count). The Hall–Kier alpha value is -0.350. The van der Waals surface area contributed by atoms with Crippen molar-refractivity contribution in [3.63, 3.8) is 0 Å². The Morgan fingerprint density at radius 2 is 2.00 bits per heavy atom. The molecule has 1 aliphatic carbocycles. The van der Waals surface area contributed by atoms with E-state index in [2.05, 4.69) is 15.9 Å². The van der Waals surface area contributed by atoms with E-state index >= 15 is 0 Å². The average molecular weight is 316 g/mol. The summed E-state index contributed by atoms with van der Waals surface area (Å²) >= 11 is 3.38. The highest BCUT2D eigenvalue weighted by Gasteiger charge is 2.20. The summed E-state index contributed by atoms with van der Waals surface area (Å²) in [4.78, 5) is 0. The van der Waals surface area contributed by atoms with Gasteiger partial charge in [0.15, 0.2) is 0 Å². The first-order valence-corrected chi connectivity index (χ1v) is 8.25. The highest BCUT2D eigenvalue weighted by molar-refractivity contribution is 9.10. The SMILES string of the molecule is Nc1cc(Br)ccc1CS(=O)C1CCCCC1. The van der Waals surface area contributed by atoms with E-state index in [4.69, 9.17) is 5.73 Å². The maximum atomic E-state index is 12.2. The van der Waals surface area contributed by atoms with Crippen molar-refractivity contribution >= 4 is 32.4 Å². The van der Waals surface area contributed by atoms with E-state index in [0.29, 0.717) is 11.0 Å². The Labute approximate surface area is 114 Å². The summed E-state index contributed by atoms with van der Waals surface area (Å²) in [5.41, 5.74) is 7.69. The Bertz CT molecular complexity index is 416. The molecule has 0 bridgehead atoms. The van der Waals surface area contributed by atoms with Crippen LogP contribution in [0.3, 0.4) is 0 Å². The fourth-order valence-corrected chi connectivity index (χ4v) is 4.34. The molecular weight excluding hydrogens is 298 g/mol. The Kier molecular flexibility index (Phi) is 4.62. The van der Waals surface area contributed by atoms with E-state index in [9.17, 15) is 4.21 Å². The number of nitrogen functional groups attached to an aromatic ring is 1. The molecule has 0 heterocycles. The molecule has 0 radical (unpaired) electrons. The summed E-state index contributed by atoms with van der Waals surface area (Å²) in [6, 6.07) is 5.82. The number of hydrogen-bond acceptors (Lipinski definition) is 2. The van der Waals surface area contributed by atoms with Gasteiger partial charge in [-0.15, -0.1) is 0 Å². The second-order valence-corrected chi connectivity index (χ2v) is 7.26. The van der Waals surface area contributed by atoms with Crippen molar-refractivity contribution in [2.45, 2.75) is 43.1 Å². The lowest BCUT2D eigenvalue weighted by atomic mass is 10.0. The summed E-state index contributed by atoms with van der Waals surface area (Å²) in [6.45, 7) is 0. The van der Waals surface area contributed by atoms with Crippen LogP contribution in [0.1, 0.15) is 37.7 Å². The molecule has 0 aromatic heterocycles. The van der Waals surface area contributed by atoms with Crippen molar-refractivity contribution in [2.24, 2.45) is 0 Å². The van der Waals surface area contributed by atoms with Crippen LogP contribution in [0.15, 0.2) is 22.7 Å². The molecule has 1 aromatic rings. The van der Waals surface area contributed by atoms with Gasteiger partial charge in [0.2, 0.25) is 0 Å². The Morgan fingerprint density at radius 3 is 2.65 bits per heavy atom. The zero-order valence-electron chi connectivity index (χ0n) is 9.82. The number of hydrogen-bond donors (Lipinski definition) is 1. The van der Waals surface area contributed by atoms with Gasteiger partial charge >= 0.3 is 0 Å². The molecule has 2 nitrogen and oxygen atoms in total. The van der Waals surface area contributed by atoms with Crippen molar-refractivity contribution in [1.29, 1.82) is 0 Å². The normalized spacial score (nSPS) is 19.1. The molecule has 17 heavy (non-hydrogen) atoms. The highest BCUT2D eigenvalue weighted by Crippen LogP contribution is 2.26. The van der Waals surface area contributed by atoms with Crippen LogP contribution in [-0.2, 0) is 16.6 Å². The van der Waals surface area contributed by atoms with Crippen LogP contribution in [0.5, 0.6) is 0 Å². The smallest absolute Gasteiger partial charge is 0.0508 e. The molecule has 0 spiro atoms. The van der Waals surface area contributed by atoms with Gasteiger partial charge in [-0.2, -0.15) is 0 Å². The van der Waals surface area contributed by atoms with Crippen LogP contribution in [0.25, 0.3) is 0 Å². The van der Waals surface area contributed by atoms with Crippen LogP contribution in [0.4, 0.5) is 5.69 Å². The van der Waals surface area contributed by atoms with Gasteiger partial charge in [-0.05, 0) is 30.5 Å². The third kappa shape index (κ3) is 3.55. The molecule has 0 aliphatic heterocycles. The molecule has 1 aromatic carbocycles. The minimum atomic E-state index is -0.770. The minimum absolute atomic E-state index is 0.381. The predicted octanol–water partition coefficient (Wildman–Crippen LogP) is 3.61. The second-order valence-electron chi connectivity index (χ2n) is 4.63. The lowest BCUT2D eigenvalue weighted by molar-refractivity contribution is 0.504. The zero-order chi connectivity index (χ0) is 12.3. The molecule has 0 saturated heterocycles. The van der Waals surface area contributed by atoms with E-state index in [-0.39, 0.29) is 0 Å². The van der Waals surface area contributed by atoms with Crippen molar-refractivity contribution < 1.29 is 4.21 Å². The molecular formula is C13H18BrNOS. The molecule has 1 fully saturated rings. The van der Waals surface area contributed by atoms with Gasteiger partial charge in [0.25, 0.3) is 0 Å². The molecule has 1 unspecified atom stereocenters. The maximum absolute atomic E-state index is 12.2. The fraction of sp³-hybridized carbons (Fsp3) is 0.538. The van der Waals surface area contributed by atoms with Crippen molar-refractivity contribution in [1.82, 2.24) is 0 Å². The predicted molar refractivity (Wildman–Crippen MR) is 77.3 cm³/mol. The number of halogens is 1. The number of nitrogens with two attached hydrogens (primary N) is 1. The minimum Gasteiger partial charge on any atom is -0.398 e. The van der Waals surface area contributed by atoms with Crippen LogP contribution in [0, 0.1) is 0 Å². The Morgan fingerprint density at radius 1 is 1.29 bits per heavy atom. The quantitative estimate of drug-likeness (QED) is 0.866. The fourth-order valence-electron chi connectivity index (χ4n) is 2.30. The topological polar surface area (TPSA) is 43.1 Å².